The van der Waals surface area contributed by atoms with Crippen LogP contribution in [-0.4, -0.2) is 17.0 Å². The van der Waals surface area contributed by atoms with E-state index in [0.717, 1.165) is 31.3 Å². The number of ketones is 1. The molecule has 4 rings (SSSR count). The number of hydrogen-bond acceptors (Lipinski definition) is 2. The van der Waals surface area contributed by atoms with Crippen LogP contribution in [0.2, 0.25) is 0 Å². The summed E-state index contributed by atoms with van der Waals surface area (Å²) >= 11 is 0. The smallest absolute Gasteiger partial charge is 0.165 e. The first-order valence-corrected chi connectivity index (χ1v) is 9.14. The summed E-state index contributed by atoms with van der Waals surface area (Å²) in [6.07, 6.45) is 7.24. The average molecular weight is 302 g/mol. The molecule has 0 amide bonds. The van der Waals surface area contributed by atoms with Crippen molar-refractivity contribution < 1.29 is 9.90 Å². The summed E-state index contributed by atoms with van der Waals surface area (Å²) in [5.41, 5.74) is 0.991. The van der Waals surface area contributed by atoms with Gasteiger partial charge in [0.1, 0.15) is 0 Å². The van der Waals surface area contributed by atoms with E-state index in [-0.39, 0.29) is 28.8 Å². The Morgan fingerprint density at radius 3 is 2.64 bits per heavy atom. The zero-order valence-electron chi connectivity index (χ0n) is 14.3. The first-order chi connectivity index (χ1) is 10.2. The maximum Gasteiger partial charge on any atom is 0.165 e. The molecule has 22 heavy (non-hydrogen) atoms. The Hall–Kier alpha value is -0.630. The molecule has 0 saturated heterocycles. The van der Waals surface area contributed by atoms with E-state index in [1.165, 1.54) is 19.3 Å². The van der Waals surface area contributed by atoms with Gasteiger partial charge in [-0.25, -0.2) is 0 Å². The van der Waals surface area contributed by atoms with E-state index in [4.69, 9.17) is 0 Å². The van der Waals surface area contributed by atoms with Crippen molar-refractivity contribution in [2.24, 2.45) is 34.0 Å². The van der Waals surface area contributed by atoms with Crippen LogP contribution in [0.25, 0.3) is 0 Å². The summed E-state index contributed by atoms with van der Waals surface area (Å²) in [7, 11) is 0. The van der Waals surface area contributed by atoms with Gasteiger partial charge in [0.25, 0.3) is 0 Å². The van der Waals surface area contributed by atoms with E-state index in [2.05, 4.69) is 27.4 Å². The fraction of sp³-hybridized carbons (Fsp3) is 0.850. The molecule has 2 bridgehead atoms. The molecule has 4 aliphatic carbocycles. The van der Waals surface area contributed by atoms with E-state index < -0.39 is 0 Å². The van der Waals surface area contributed by atoms with Gasteiger partial charge in [-0.3, -0.25) is 4.79 Å². The number of allylic oxidation sites excluding steroid dienone is 1. The third-order valence-electron chi connectivity index (χ3n) is 8.22. The molecule has 1 unspecified atom stereocenters. The van der Waals surface area contributed by atoms with Crippen molar-refractivity contribution in [2.45, 2.75) is 71.8 Å². The topological polar surface area (TPSA) is 37.3 Å². The van der Waals surface area contributed by atoms with Crippen LogP contribution in [0.1, 0.15) is 65.7 Å². The number of aliphatic hydroxyl groups excluding tert-OH is 1. The van der Waals surface area contributed by atoms with Crippen LogP contribution in [0.15, 0.2) is 12.2 Å². The van der Waals surface area contributed by atoms with Gasteiger partial charge in [0.15, 0.2) is 5.78 Å². The first-order valence-electron chi connectivity index (χ1n) is 9.14. The lowest BCUT2D eigenvalue weighted by Gasteiger charge is -2.64. The number of aliphatic hydroxyl groups is 1. The predicted octanol–water partition coefficient (Wildman–Crippen LogP) is 4.13. The molecule has 4 saturated carbocycles. The molecule has 2 heteroatoms. The Bertz CT molecular complexity index is 548. The maximum atomic E-state index is 13.1. The summed E-state index contributed by atoms with van der Waals surface area (Å²) < 4.78 is 0. The number of carbonyl (C=O) groups is 1. The second-order valence-electron chi connectivity index (χ2n) is 9.63. The highest BCUT2D eigenvalue weighted by atomic mass is 16.3. The van der Waals surface area contributed by atoms with Crippen molar-refractivity contribution in [1.82, 2.24) is 0 Å². The summed E-state index contributed by atoms with van der Waals surface area (Å²) in [6.45, 7) is 11.3. The standard InChI is InChI=1S/C20H30O2/c1-12-13-10-14(21)16-19(4)8-5-7-18(2,3)15(19)6-9-20(16,11-13)17(12)22/h13-16,21H,1,5-11H2,2-4H3/t13-,14+,15-,16?,19-,20-/m1/s1. The molecule has 4 aliphatic rings. The van der Waals surface area contributed by atoms with Gasteiger partial charge in [-0.05, 0) is 66.8 Å². The lowest BCUT2D eigenvalue weighted by atomic mass is 9.40. The minimum atomic E-state index is -0.316. The van der Waals surface area contributed by atoms with Crippen LogP contribution >= 0.6 is 0 Å². The minimum absolute atomic E-state index is 0.116. The third-order valence-corrected chi connectivity index (χ3v) is 8.22. The number of rotatable bonds is 0. The van der Waals surface area contributed by atoms with Crippen LogP contribution in [0, 0.1) is 34.0 Å². The largest absolute Gasteiger partial charge is 0.393 e. The molecular weight excluding hydrogens is 272 g/mol. The van der Waals surface area contributed by atoms with Crippen molar-refractivity contribution in [2.75, 3.05) is 0 Å². The fourth-order valence-corrected chi connectivity index (χ4v) is 7.55. The first kappa shape index (κ1) is 14.9. The van der Waals surface area contributed by atoms with Crippen LogP contribution in [0.3, 0.4) is 0 Å². The van der Waals surface area contributed by atoms with E-state index in [0.29, 0.717) is 17.1 Å². The molecule has 2 nitrogen and oxygen atoms in total. The Morgan fingerprint density at radius 1 is 1.18 bits per heavy atom. The van der Waals surface area contributed by atoms with Gasteiger partial charge in [-0.1, -0.05) is 33.8 Å². The van der Waals surface area contributed by atoms with Crippen molar-refractivity contribution in [3.63, 3.8) is 0 Å². The van der Waals surface area contributed by atoms with E-state index in [9.17, 15) is 9.90 Å². The molecule has 0 aromatic carbocycles. The van der Waals surface area contributed by atoms with Crippen LogP contribution in [-0.2, 0) is 4.79 Å². The molecule has 4 fully saturated rings. The summed E-state index contributed by atoms with van der Waals surface area (Å²) in [4.78, 5) is 13.1. The lowest BCUT2D eigenvalue weighted by molar-refractivity contribution is -0.187. The molecule has 1 N–H and O–H groups in total. The van der Waals surface area contributed by atoms with E-state index in [1.807, 2.05) is 0 Å². The van der Waals surface area contributed by atoms with Gasteiger partial charge in [0.05, 0.1) is 6.10 Å². The monoisotopic (exact) mass is 302 g/mol. The molecule has 0 heterocycles. The number of Topliss-reactive ketones (excluding diaryl/α,β-unsaturated/α-hetero) is 1. The number of fused-ring (bicyclic) bond motifs is 3. The highest BCUT2D eigenvalue weighted by molar-refractivity contribution is 6.03. The third kappa shape index (κ3) is 1.58. The molecular formula is C20H30O2. The van der Waals surface area contributed by atoms with Crippen molar-refractivity contribution in [3.8, 4) is 0 Å². The average Bonchev–Trinajstić information content (AvgIpc) is 2.59. The fourth-order valence-electron chi connectivity index (χ4n) is 7.55. The second-order valence-corrected chi connectivity index (χ2v) is 9.63. The van der Waals surface area contributed by atoms with Crippen molar-refractivity contribution in [1.29, 1.82) is 0 Å². The molecule has 0 aromatic rings. The Kier molecular flexibility index (Phi) is 2.89. The Labute approximate surface area is 134 Å². The van der Waals surface area contributed by atoms with Gasteiger partial charge < -0.3 is 5.11 Å². The zero-order valence-corrected chi connectivity index (χ0v) is 14.3. The molecule has 0 aromatic heterocycles. The Balaban J connectivity index is 1.83. The zero-order chi connectivity index (χ0) is 15.9. The predicted molar refractivity (Wildman–Crippen MR) is 87.3 cm³/mol. The minimum Gasteiger partial charge on any atom is -0.393 e. The number of hydrogen-bond donors (Lipinski definition) is 1. The highest BCUT2D eigenvalue weighted by Gasteiger charge is 2.68. The van der Waals surface area contributed by atoms with Crippen LogP contribution in [0.4, 0.5) is 0 Å². The molecule has 0 aliphatic heterocycles. The van der Waals surface area contributed by atoms with Crippen molar-refractivity contribution >= 4 is 5.78 Å². The van der Waals surface area contributed by atoms with Gasteiger partial charge in [0.2, 0.25) is 0 Å². The van der Waals surface area contributed by atoms with Gasteiger partial charge >= 0.3 is 0 Å². The SMILES string of the molecule is C=C1C(=O)[C@@]23CC[C@@H]4C(C)(C)CCC[C@@]4(C)C2[C@@H](O)C[C@@H]1C3. The quantitative estimate of drug-likeness (QED) is 0.683. The van der Waals surface area contributed by atoms with Gasteiger partial charge in [-0.2, -0.15) is 0 Å². The lowest BCUT2D eigenvalue weighted by Crippen LogP contribution is -2.61. The summed E-state index contributed by atoms with van der Waals surface area (Å²) in [5, 5.41) is 11.0. The molecule has 1 spiro atoms. The van der Waals surface area contributed by atoms with Gasteiger partial charge in [0, 0.05) is 11.3 Å². The number of carbonyl (C=O) groups excluding carboxylic acids is 1. The second kappa shape index (κ2) is 4.26. The molecule has 0 radical (unpaired) electrons. The maximum absolute atomic E-state index is 13.1. The van der Waals surface area contributed by atoms with E-state index in [1.54, 1.807) is 0 Å². The summed E-state index contributed by atoms with van der Waals surface area (Å²) in [6, 6.07) is 0. The highest BCUT2D eigenvalue weighted by Crippen LogP contribution is 2.70. The Morgan fingerprint density at radius 2 is 1.91 bits per heavy atom. The van der Waals surface area contributed by atoms with E-state index >= 15 is 0 Å². The van der Waals surface area contributed by atoms with Crippen LogP contribution in [0.5, 0.6) is 0 Å². The van der Waals surface area contributed by atoms with Gasteiger partial charge in [-0.15, -0.1) is 0 Å². The normalized spacial score (nSPS) is 53.1. The van der Waals surface area contributed by atoms with Crippen LogP contribution < -0.4 is 0 Å². The summed E-state index contributed by atoms with van der Waals surface area (Å²) in [5.74, 6) is 1.34. The van der Waals surface area contributed by atoms with Crippen molar-refractivity contribution in [3.05, 3.63) is 12.2 Å². The molecule has 122 valence electrons. The molecule has 6 atom stereocenters.